The van der Waals surface area contributed by atoms with E-state index in [1.54, 1.807) is 13.8 Å². The summed E-state index contributed by atoms with van der Waals surface area (Å²) in [5.74, 6) is -19.2. The van der Waals surface area contributed by atoms with Crippen molar-refractivity contribution in [2.24, 2.45) is 22.7 Å². The molecular formula is C15H17F7O2. The minimum absolute atomic E-state index is 0.163. The first kappa shape index (κ1) is 19.2. The van der Waals surface area contributed by atoms with Crippen LogP contribution in [0.5, 0.6) is 0 Å². The SMILES string of the molecule is CC[C@]1(C)[C@@H]2CC[C@@]1(C)C(=O)C2C(=O)C(F)(F)C(F)(F)C(F)(F)F. The average Bonchev–Trinajstić information content (AvgIpc) is 2.80. The van der Waals surface area contributed by atoms with Gasteiger partial charge in [0.2, 0.25) is 5.78 Å². The maximum Gasteiger partial charge on any atom is 0.460 e. The molecule has 2 fully saturated rings. The molecule has 0 spiro atoms. The second-order valence-electron chi connectivity index (χ2n) is 7.10. The van der Waals surface area contributed by atoms with Crippen LogP contribution in [0, 0.1) is 22.7 Å². The van der Waals surface area contributed by atoms with Crippen molar-refractivity contribution in [1.29, 1.82) is 0 Å². The summed E-state index contributed by atoms with van der Waals surface area (Å²) in [4.78, 5) is 24.4. The molecule has 2 aliphatic rings. The fourth-order valence-electron chi connectivity index (χ4n) is 4.40. The molecule has 2 nitrogen and oxygen atoms in total. The summed E-state index contributed by atoms with van der Waals surface area (Å²) in [7, 11) is 0. The molecule has 0 saturated heterocycles. The van der Waals surface area contributed by atoms with Gasteiger partial charge in [-0.1, -0.05) is 20.8 Å². The van der Waals surface area contributed by atoms with Gasteiger partial charge in [-0.3, -0.25) is 9.59 Å². The molecule has 2 saturated carbocycles. The third-order valence-electron chi connectivity index (χ3n) is 6.34. The Balaban J connectivity index is 2.47. The van der Waals surface area contributed by atoms with Crippen molar-refractivity contribution in [2.75, 3.05) is 0 Å². The topological polar surface area (TPSA) is 34.1 Å². The van der Waals surface area contributed by atoms with Crippen LogP contribution in [0.25, 0.3) is 0 Å². The van der Waals surface area contributed by atoms with Crippen LogP contribution in [-0.4, -0.2) is 29.6 Å². The number of halogens is 7. The predicted molar refractivity (Wildman–Crippen MR) is 68.7 cm³/mol. The molecule has 2 rings (SSSR count). The first-order chi connectivity index (χ1) is 10.6. The van der Waals surface area contributed by atoms with Crippen LogP contribution in [0.3, 0.4) is 0 Å². The summed E-state index contributed by atoms with van der Waals surface area (Å²) in [6, 6.07) is 0. The maximum atomic E-state index is 13.7. The molecule has 0 aromatic carbocycles. The highest BCUT2D eigenvalue weighted by molar-refractivity contribution is 6.10. The van der Waals surface area contributed by atoms with E-state index >= 15 is 0 Å². The summed E-state index contributed by atoms with van der Waals surface area (Å²) >= 11 is 0. The standard InChI is InChI=1S/C15H17F7O2/c1-4-11(2)7-5-6-12(11,3)9(23)8(7)10(24)13(16,17)14(18,19)15(20,21)22/h7-8H,4-6H2,1-3H3/t7-,8?,11-,12+/m1/s1. The number of ketones is 2. The summed E-state index contributed by atoms with van der Waals surface area (Å²) < 4.78 is 90.7. The van der Waals surface area contributed by atoms with Crippen LogP contribution >= 0.6 is 0 Å². The van der Waals surface area contributed by atoms with Crippen molar-refractivity contribution in [2.45, 2.75) is 58.1 Å². The van der Waals surface area contributed by atoms with Crippen molar-refractivity contribution in [3.8, 4) is 0 Å². The van der Waals surface area contributed by atoms with E-state index in [1.807, 2.05) is 0 Å². The highest BCUT2D eigenvalue weighted by Gasteiger charge is 2.79. The molecule has 0 N–H and O–H groups in total. The van der Waals surface area contributed by atoms with Crippen LogP contribution in [0.4, 0.5) is 30.7 Å². The van der Waals surface area contributed by atoms with E-state index in [-0.39, 0.29) is 6.42 Å². The Kier molecular flexibility index (Phi) is 3.95. The Bertz CT molecular complexity index is 583. The van der Waals surface area contributed by atoms with E-state index in [2.05, 4.69) is 0 Å². The number of carbonyl (C=O) groups is 2. The third-order valence-corrected chi connectivity index (χ3v) is 6.34. The molecule has 0 aromatic rings. The van der Waals surface area contributed by atoms with Gasteiger partial charge >= 0.3 is 18.0 Å². The number of fused-ring (bicyclic) bond motifs is 2. The Morgan fingerprint density at radius 2 is 1.62 bits per heavy atom. The van der Waals surface area contributed by atoms with Gasteiger partial charge in [0.25, 0.3) is 0 Å². The van der Waals surface area contributed by atoms with E-state index in [0.717, 1.165) is 0 Å². The van der Waals surface area contributed by atoms with Gasteiger partial charge in [0, 0.05) is 5.41 Å². The van der Waals surface area contributed by atoms with Gasteiger partial charge in [0.15, 0.2) is 0 Å². The van der Waals surface area contributed by atoms with Crippen LogP contribution in [0.15, 0.2) is 0 Å². The van der Waals surface area contributed by atoms with E-state index in [4.69, 9.17) is 0 Å². The molecule has 4 atom stereocenters. The molecule has 0 heterocycles. The molecule has 0 radical (unpaired) electrons. The summed E-state index contributed by atoms with van der Waals surface area (Å²) in [6.45, 7) is 4.72. The molecule has 138 valence electrons. The molecule has 2 aliphatic carbocycles. The van der Waals surface area contributed by atoms with Crippen LogP contribution in [-0.2, 0) is 9.59 Å². The maximum absolute atomic E-state index is 13.7. The highest BCUT2D eigenvalue weighted by atomic mass is 19.4. The Hall–Kier alpha value is -1.15. The van der Waals surface area contributed by atoms with Crippen molar-refractivity contribution < 1.29 is 40.3 Å². The van der Waals surface area contributed by atoms with Gasteiger partial charge in [-0.2, -0.15) is 30.7 Å². The predicted octanol–water partition coefficient (Wildman–Crippen LogP) is 4.42. The lowest BCUT2D eigenvalue weighted by molar-refractivity contribution is -0.344. The Labute approximate surface area is 133 Å². The zero-order chi connectivity index (χ0) is 18.9. The lowest BCUT2D eigenvalue weighted by Gasteiger charge is -2.35. The number of rotatable bonds is 4. The smallest absolute Gasteiger partial charge is 0.298 e. The van der Waals surface area contributed by atoms with Gasteiger partial charge < -0.3 is 0 Å². The molecule has 1 unspecified atom stereocenters. The summed E-state index contributed by atoms with van der Waals surface area (Å²) in [5.41, 5.74) is -2.05. The van der Waals surface area contributed by atoms with Gasteiger partial charge in [-0.05, 0) is 30.6 Å². The number of alkyl halides is 7. The zero-order valence-electron chi connectivity index (χ0n) is 13.2. The zero-order valence-corrected chi connectivity index (χ0v) is 13.2. The van der Waals surface area contributed by atoms with E-state index in [1.165, 1.54) is 6.92 Å². The second kappa shape index (κ2) is 4.94. The van der Waals surface area contributed by atoms with Crippen molar-refractivity contribution >= 4 is 11.6 Å². The fourth-order valence-corrected chi connectivity index (χ4v) is 4.40. The van der Waals surface area contributed by atoms with Crippen molar-refractivity contribution in [3.05, 3.63) is 0 Å². The van der Waals surface area contributed by atoms with E-state index in [9.17, 15) is 40.3 Å². The average molecular weight is 362 g/mol. The normalized spacial score (nSPS) is 37.2. The number of hydrogen-bond acceptors (Lipinski definition) is 2. The number of carbonyl (C=O) groups excluding carboxylic acids is 2. The molecule has 24 heavy (non-hydrogen) atoms. The molecule has 2 bridgehead atoms. The first-order valence-electron chi connectivity index (χ1n) is 7.50. The first-order valence-corrected chi connectivity index (χ1v) is 7.50. The van der Waals surface area contributed by atoms with Gasteiger partial charge in [-0.15, -0.1) is 0 Å². The Morgan fingerprint density at radius 1 is 1.12 bits per heavy atom. The molecule has 0 aromatic heterocycles. The van der Waals surface area contributed by atoms with Gasteiger partial charge in [-0.25, -0.2) is 0 Å². The second-order valence-corrected chi connectivity index (χ2v) is 7.10. The molecule has 0 amide bonds. The van der Waals surface area contributed by atoms with Crippen molar-refractivity contribution in [1.82, 2.24) is 0 Å². The van der Waals surface area contributed by atoms with Crippen LogP contribution in [0.2, 0.25) is 0 Å². The van der Waals surface area contributed by atoms with E-state index in [0.29, 0.717) is 12.8 Å². The largest absolute Gasteiger partial charge is 0.460 e. The van der Waals surface area contributed by atoms with Gasteiger partial charge in [0.05, 0.1) is 5.92 Å². The van der Waals surface area contributed by atoms with Gasteiger partial charge in [0.1, 0.15) is 5.78 Å². The summed E-state index contributed by atoms with van der Waals surface area (Å²) in [5, 5.41) is 0. The molecule has 0 aliphatic heterocycles. The number of hydrogen-bond donors (Lipinski definition) is 0. The van der Waals surface area contributed by atoms with E-state index < -0.39 is 52.3 Å². The lowest BCUT2D eigenvalue weighted by Crippen LogP contribution is -2.59. The Morgan fingerprint density at radius 3 is 2.00 bits per heavy atom. The highest BCUT2D eigenvalue weighted by Crippen LogP contribution is 2.68. The molecular weight excluding hydrogens is 345 g/mol. The summed E-state index contributed by atoms with van der Waals surface area (Å²) in [6.07, 6.45) is -5.81. The van der Waals surface area contributed by atoms with Crippen LogP contribution in [0.1, 0.15) is 40.0 Å². The minimum atomic E-state index is -6.59. The quantitative estimate of drug-likeness (QED) is 0.548. The minimum Gasteiger partial charge on any atom is -0.298 e. The molecule has 9 heteroatoms. The number of Topliss-reactive ketones (excluding diaryl/α,β-unsaturated/α-hetero) is 2. The third kappa shape index (κ3) is 1.95. The fraction of sp³-hybridized carbons (Fsp3) is 0.867. The van der Waals surface area contributed by atoms with Crippen LogP contribution < -0.4 is 0 Å². The monoisotopic (exact) mass is 362 g/mol. The van der Waals surface area contributed by atoms with Crippen molar-refractivity contribution in [3.63, 3.8) is 0 Å². The lowest BCUT2D eigenvalue weighted by atomic mass is 9.67.